The monoisotopic (exact) mass is 244 g/mol. The maximum Gasteiger partial charge on any atom is 0.0543 e. The van der Waals surface area contributed by atoms with Gasteiger partial charge in [-0.2, -0.15) is 0 Å². The molecule has 1 saturated carbocycles. The van der Waals surface area contributed by atoms with Crippen LogP contribution in [0.2, 0.25) is 10.0 Å². The van der Waals surface area contributed by atoms with E-state index in [9.17, 15) is 5.11 Å². The molecule has 2 unspecified atom stereocenters. The highest BCUT2D eigenvalue weighted by atomic mass is 35.5. The Morgan fingerprint density at radius 1 is 1.20 bits per heavy atom. The van der Waals surface area contributed by atoms with Crippen molar-refractivity contribution in [1.29, 1.82) is 0 Å². The van der Waals surface area contributed by atoms with E-state index >= 15 is 0 Å². The van der Waals surface area contributed by atoms with Crippen LogP contribution in [0.25, 0.3) is 0 Å². The Balaban J connectivity index is 2.10. The number of benzene rings is 1. The van der Waals surface area contributed by atoms with Gasteiger partial charge >= 0.3 is 0 Å². The van der Waals surface area contributed by atoms with Crippen molar-refractivity contribution in [3.8, 4) is 0 Å². The Morgan fingerprint density at radius 3 is 2.40 bits per heavy atom. The zero-order valence-corrected chi connectivity index (χ0v) is 9.93. The highest BCUT2D eigenvalue weighted by molar-refractivity contribution is 6.35. The van der Waals surface area contributed by atoms with Crippen LogP contribution in [0.4, 0.5) is 0 Å². The third-order valence-corrected chi connectivity index (χ3v) is 3.78. The molecule has 0 saturated heterocycles. The van der Waals surface area contributed by atoms with Gasteiger partial charge in [-0.05, 0) is 49.3 Å². The van der Waals surface area contributed by atoms with Gasteiger partial charge in [0.1, 0.15) is 0 Å². The molecule has 0 radical (unpaired) electrons. The third kappa shape index (κ3) is 2.66. The van der Waals surface area contributed by atoms with E-state index < -0.39 is 0 Å². The number of hydrogen-bond donors (Lipinski definition) is 1. The summed E-state index contributed by atoms with van der Waals surface area (Å²) < 4.78 is 0. The average molecular weight is 245 g/mol. The lowest BCUT2D eigenvalue weighted by atomic mass is 9.98. The molecule has 1 nitrogen and oxygen atoms in total. The molecule has 1 aromatic rings. The van der Waals surface area contributed by atoms with Crippen LogP contribution in [-0.2, 0) is 6.42 Å². The molecule has 0 bridgehead atoms. The average Bonchev–Trinajstić information content (AvgIpc) is 2.58. The summed E-state index contributed by atoms with van der Waals surface area (Å²) in [6.07, 6.45) is 3.61. The molecule has 1 aliphatic rings. The second-order valence-electron chi connectivity index (χ2n) is 4.24. The van der Waals surface area contributed by atoms with E-state index in [0.717, 1.165) is 41.3 Å². The Hall–Kier alpha value is -0.240. The van der Waals surface area contributed by atoms with Crippen LogP contribution >= 0.6 is 23.2 Å². The van der Waals surface area contributed by atoms with E-state index in [2.05, 4.69) is 0 Å². The van der Waals surface area contributed by atoms with Gasteiger partial charge in [-0.3, -0.25) is 0 Å². The van der Waals surface area contributed by atoms with Gasteiger partial charge < -0.3 is 5.11 Å². The topological polar surface area (TPSA) is 20.2 Å². The van der Waals surface area contributed by atoms with E-state index in [-0.39, 0.29) is 6.10 Å². The van der Waals surface area contributed by atoms with Gasteiger partial charge in [0.2, 0.25) is 0 Å². The van der Waals surface area contributed by atoms with Crippen molar-refractivity contribution < 1.29 is 5.11 Å². The first-order chi connectivity index (χ1) is 7.16. The summed E-state index contributed by atoms with van der Waals surface area (Å²) in [5, 5.41) is 10.9. The summed E-state index contributed by atoms with van der Waals surface area (Å²) in [6, 6.07) is 5.60. The number of rotatable bonds is 2. The van der Waals surface area contributed by atoms with Crippen LogP contribution in [-0.4, -0.2) is 11.2 Å². The first-order valence-electron chi connectivity index (χ1n) is 5.27. The number of aliphatic hydroxyl groups is 1. The zero-order valence-electron chi connectivity index (χ0n) is 8.42. The van der Waals surface area contributed by atoms with E-state index in [0.29, 0.717) is 5.92 Å². The van der Waals surface area contributed by atoms with Gasteiger partial charge in [0.25, 0.3) is 0 Å². The minimum atomic E-state index is -0.128. The molecule has 2 atom stereocenters. The maximum atomic E-state index is 9.45. The third-order valence-electron chi connectivity index (χ3n) is 3.07. The zero-order chi connectivity index (χ0) is 10.8. The van der Waals surface area contributed by atoms with Crippen LogP contribution in [0.5, 0.6) is 0 Å². The summed E-state index contributed by atoms with van der Waals surface area (Å²) in [5.74, 6) is 0.525. The van der Waals surface area contributed by atoms with Crippen LogP contribution < -0.4 is 0 Å². The van der Waals surface area contributed by atoms with Crippen LogP contribution in [0.1, 0.15) is 24.8 Å². The quantitative estimate of drug-likeness (QED) is 0.842. The molecule has 0 amide bonds. The fourth-order valence-corrected chi connectivity index (χ4v) is 2.80. The Morgan fingerprint density at radius 2 is 1.87 bits per heavy atom. The van der Waals surface area contributed by atoms with Crippen molar-refractivity contribution >= 4 is 23.2 Å². The molecule has 0 heterocycles. The SMILES string of the molecule is OC1CCC(Cc2c(Cl)cccc2Cl)C1. The van der Waals surface area contributed by atoms with Crippen LogP contribution in [0.15, 0.2) is 18.2 Å². The van der Waals surface area contributed by atoms with Gasteiger partial charge in [-0.25, -0.2) is 0 Å². The fourth-order valence-electron chi connectivity index (χ4n) is 2.25. The number of hydrogen-bond acceptors (Lipinski definition) is 1. The summed E-state index contributed by atoms with van der Waals surface area (Å²) in [4.78, 5) is 0. The van der Waals surface area contributed by atoms with Gasteiger partial charge in [-0.1, -0.05) is 29.3 Å². The molecule has 3 heteroatoms. The lowest BCUT2D eigenvalue weighted by Crippen LogP contribution is -2.04. The second-order valence-corrected chi connectivity index (χ2v) is 5.05. The molecule has 2 rings (SSSR count). The normalized spacial score (nSPS) is 25.8. The van der Waals surface area contributed by atoms with Crippen molar-refractivity contribution in [2.24, 2.45) is 5.92 Å². The standard InChI is InChI=1S/C12H14Cl2O/c13-11-2-1-3-12(14)10(11)7-8-4-5-9(15)6-8/h1-3,8-9,15H,4-7H2. The van der Waals surface area contributed by atoms with Gasteiger partial charge in [0, 0.05) is 10.0 Å². The minimum Gasteiger partial charge on any atom is -0.393 e. The summed E-state index contributed by atoms with van der Waals surface area (Å²) in [5.41, 5.74) is 1.03. The van der Waals surface area contributed by atoms with Crippen molar-refractivity contribution in [3.63, 3.8) is 0 Å². The molecule has 0 spiro atoms. The highest BCUT2D eigenvalue weighted by Crippen LogP contribution is 2.33. The molecule has 15 heavy (non-hydrogen) atoms. The predicted octanol–water partition coefficient (Wildman–Crippen LogP) is 3.70. The Labute approximate surface area is 100 Å². The molecule has 0 aliphatic heterocycles. The van der Waals surface area contributed by atoms with E-state index in [1.807, 2.05) is 18.2 Å². The van der Waals surface area contributed by atoms with Crippen LogP contribution in [0, 0.1) is 5.92 Å². The fraction of sp³-hybridized carbons (Fsp3) is 0.500. The summed E-state index contributed by atoms with van der Waals surface area (Å²) in [6.45, 7) is 0. The molecule has 1 aliphatic carbocycles. The first-order valence-corrected chi connectivity index (χ1v) is 6.03. The van der Waals surface area contributed by atoms with E-state index in [1.165, 1.54) is 0 Å². The second kappa shape index (κ2) is 4.73. The minimum absolute atomic E-state index is 0.128. The molecule has 1 N–H and O–H groups in total. The smallest absolute Gasteiger partial charge is 0.0543 e. The molecule has 82 valence electrons. The lowest BCUT2D eigenvalue weighted by molar-refractivity contribution is 0.177. The molecule has 1 fully saturated rings. The van der Waals surface area contributed by atoms with E-state index in [1.54, 1.807) is 0 Å². The molecular weight excluding hydrogens is 231 g/mol. The number of halogens is 2. The molecular formula is C12H14Cl2O. The van der Waals surface area contributed by atoms with Gasteiger partial charge in [-0.15, -0.1) is 0 Å². The lowest BCUT2D eigenvalue weighted by Gasteiger charge is -2.12. The van der Waals surface area contributed by atoms with Gasteiger partial charge in [0.15, 0.2) is 0 Å². The largest absolute Gasteiger partial charge is 0.393 e. The number of aliphatic hydroxyl groups excluding tert-OH is 1. The van der Waals surface area contributed by atoms with Gasteiger partial charge in [0.05, 0.1) is 6.10 Å². The highest BCUT2D eigenvalue weighted by Gasteiger charge is 2.24. The molecule has 0 aromatic heterocycles. The predicted molar refractivity (Wildman–Crippen MR) is 63.5 cm³/mol. The Kier molecular flexibility index (Phi) is 3.55. The van der Waals surface area contributed by atoms with Crippen molar-refractivity contribution in [2.45, 2.75) is 31.8 Å². The maximum absolute atomic E-state index is 9.45. The Bertz CT molecular complexity index is 331. The first kappa shape index (κ1) is 11.3. The van der Waals surface area contributed by atoms with E-state index in [4.69, 9.17) is 23.2 Å². The van der Waals surface area contributed by atoms with Crippen molar-refractivity contribution in [2.75, 3.05) is 0 Å². The van der Waals surface area contributed by atoms with Crippen LogP contribution in [0.3, 0.4) is 0 Å². The van der Waals surface area contributed by atoms with Crippen molar-refractivity contribution in [1.82, 2.24) is 0 Å². The summed E-state index contributed by atoms with van der Waals surface area (Å²) in [7, 11) is 0. The van der Waals surface area contributed by atoms with Crippen molar-refractivity contribution in [3.05, 3.63) is 33.8 Å². The summed E-state index contributed by atoms with van der Waals surface area (Å²) >= 11 is 12.2. The molecule has 1 aromatic carbocycles.